The third-order valence-electron chi connectivity index (χ3n) is 9.75. The number of benzene rings is 5. The van der Waals surface area contributed by atoms with Gasteiger partial charge in [-0.15, -0.1) is 0 Å². The number of allylic oxidation sites excluding steroid dienone is 6. The summed E-state index contributed by atoms with van der Waals surface area (Å²) >= 11 is 0. The van der Waals surface area contributed by atoms with Crippen LogP contribution < -0.4 is 4.90 Å². The molecule has 1 atom stereocenters. The Bertz CT molecular complexity index is 2510. The number of hydrogen-bond acceptors (Lipinski definition) is 4. The van der Waals surface area contributed by atoms with Crippen molar-refractivity contribution in [3.63, 3.8) is 0 Å². The highest BCUT2D eigenvalue weighted by molar-refractivity contribution is 5.94. The van der Waals surface area contributed by atoms with Crippen LogP contribution in [0.3, 0.4) is 0 Å². The lowest BCUT2D eigenvalue weighted by Crippen LogP contribution is -2.18. The zero-order valence-electron chi connectivity index (χ0n) is 28.1. The molecule has 1 aliphatic heterocycles. The number of aromatic nitrogens is 4. The van der Waals surface area contributed by atoms with Crippen LogP contribution in [0.5, 0.6) is 0 Å². The van der Waals surface area contributed by atoms with E-state index in [1.807, 2.05) is 18.2 Å². The lowest BCUT2D eigenvalue weighted by molar-refractivity contribution is 0.764. The SMILES string of the molecule is C=C1/C=C\c2c(c3ccccc3n2-c2ccccc2)CN(c2cccc(-c3nc(-c4ccccc4)nc(C4C=CC=CC4)n3)c2)c2ccccc21. The van der Waals surface area contributed by atoms with Crippen LogP contribution in [0.2, 0.25) is 0 Å². The third kappa shape index (κ3) is 5.69. The van der Waals surface area contributed by atoms with Gasteiger partial charge < -0.3 is 9.47 Å². The molecule has 5 aromatic carbocycles. The topological polar surface area (TPSA) is 46.8 Å². The van der Waals surface area contributed by atoms with Gasteiger partial charge in [0.15, 0.2) is 11.6 Å². The number of fused-ring (bicyclic) bond motifs is 4. The van der Waals surface area contributed by atoms with Crippen molar-refractivity contribution in [1.29, 1.82) is 0 Å². The molecule has 0 fully saturated rings. The molecule has 5 nitrogen and oxygen atoms in total. The van der Waals surface area contributed by atoms with E-state index in [9.17, 15) is 0 Å². The van der Waals surface area contributed by atoms with E-state index in [4.69, 9.17) is 15.0 Å². The van der Waals surface area contributed by atoms with Crippen LogP contribution in [0.25, 0.3) is 51.0 Å². The molecule has 1 aliphatic carbocycles. The first kappa shape index (κ1) is 30.5. The van der Waals surface area contributed by atoms with Crippen molar-refractivity contribution in [2.45, 2.75) is 18.9 Å². The maximum absolute atomic E-state index is 5.10. The van der Waals surface area contributed by atoms with Gasteiger partial charge >= 0.3 is 0 Å². The van der Waals surface area contributed by atoms with Crippen molar-refractivity contribution in [3.8, 4) is 28.5 Å². The molecular formula is C46H35N5. The van der Waals surface area contributed by atoms with Gasteiger partial charge in [-0.25, -0.2) is 15.0 Å². The van der Waals surface area contributed by atoms with Crippen LogP contribution in [-0.2, 0) is 6.54 Å². The molecule has 2 aromatic heterocycles. The van der Waals surface area contributed by atoms with Crippen LogP contribution in [0, 0.1) is 0 Å². The Morgan fingerprint density at radius 3 is 2.16 bits per heavy atom. The zero-order chi connectivity index (χ0) is 34.1. The first-order valence-electron chi connectivity index (χ1n) is 17.4. The average Bonchev–Trinajstić information content (AvgIpc) is 3.54. The van der Waals surface area contributed by atoms with E-state index >= 15 is 0 Å². The summed E-state index contributed by atoms with van der Waals surface area (Å²) in [5, 5.41) is 1.22. The quantitative estimate of drug-likeness (QED) is 0.185. The summed E-state index contributed by atoms with van der Waals surface area (Å²) in [4.78, 5) is 17.6. The summed E-state index contributed by atoms with van der Waals surface area (Å²) in [5.41, 5.74) is 10.8. The molecule has 51 heavy (non-hydrogen) atoms. The average molecular weight is 658 g/mol. The third-order valence-corrected chi connectivity index (χ3v) is 9.75. The number of hydrogen-bond donors (Lipinski definition) is 0. The second kappa shape index (κ2) is 13.0. The molecule has 1 unspecified atom stereocenters. The molecule has 0 N–H and O–H groups in total. The van der Waals surface area contributed by atoms with E-state index in [0.29, 0.717) is 18.2 Å². The highest BCUT2D eigenvalue weighted by Crippen LogP contribution is 2.41. The fourth-order valence-electron chi connectivity index (χ4n) is 7.24. The van der Waals surface area contributed by atoms with Gasteiger partial charge in [0.2, 0.25) is 0 Å². The van der Waals surface area contributed by atoms with E-state index in [-0.39, 0.29) is 5.92 Å². The van der Waals surface area contributed by atoms with Gasteiger partial charge in [-0.2, -0.15) is 0 Å². The minimum Gasteiger partial charge on any atom is -0.336 e. The summed E-state index contributed by atoms with van der Waals surface area (Å²) in [5.74, 6) is 2.20. The van der Waals surface area contributed by atoms with E-state index in [1.54, 1.807) is 0 Å². The van der Waals surface area contributed by atoms with Crippen molar-refractivity contribution in [3.05, 3.63) is 193 Å². The molecule has 0 amide bonds. The second-order valence-corrected chi connectivity index (χ2v) is 12.9. The van der Waals surface area contributed by atoms with Gasteiger partial charge in [0.05, 0.1) is 17.8 Å². The Kier molecular flexibility index (Phi) is 7.78. The lowest BCUT2D eigenvalue weighted by atomic mass is 10.00. The van der Waals surface area contributed by atoms with Gasteiger partial charge in [0.1, 0.15) is 5.82 Å². The molecule has 0 spiro atoms. The molecule has 7 aromatic rings. The highest BCUT2D eigenvalue weighted by atomic mass is 15.1. The smallest absolute Gasteiger partial charge is 0.163 e. The van der Waals surface area contributed by atoms with Crippen molar-refractivity contribution in [2.24, 2.45) is 0 Å². The summed E-state index contributed by atoms with van der Waals surface area (Å²) < 4.78 is 2.37. The van der Waals surface area contributed by atoms with Gasteiger partial charge in [0.25, 0.3) is 0 Å². The van der Waals surface area contributed by atoms with Gasteiger partial charge in [-0.3, -0.25) is 0 Å². The Morgan fingerprint density at radius 1 is 0.627 bits per heavy atom. The molecule has 0 radical (unpaired) electrons. The van der Waals surface area contributed by atoms with Crippen LogP contribution >= 0.6 is 0 Å². The van der Waals surface area contributed by atoms with Crippen molar-refractivity contribution < 1.29 is 0 Å². The van der Waals surface area contributed by atoms with E-state index in [2.05, 4.69) is 168 Å². The van der Waals surface area contributed by atoms with Gasteiger partial charge in [0, 0.05) is 50.6 Å². The number of para-hydroxylation sites is 3. The summed E-state index contributed by atoms with van der Waals surface area (Å²) in [6.07, 6.45) is 13.7. The molecule has 5 heteroatoms. The fourth-order valence-corrected chi connectivity index (χ4v) is 7.24. The number of nitrogens with zero attached hydrogens (tertiary/aromatic N) is 5. The predicted molar refractivity (Wildman–Crippen MR) is 210 cm³/mol. The maximum Gasteiger partial charge on any atom is 0.163 e. The molecule has 9 rings (SSSR count). The molecule has 0 saturated heterocycles. The standard InChI is InChI=1S/C46H35N5/c1-32-28-29-43-40(39-25-12-14-27-42(39)51(43)36-21-9-4-10-22-36)31-50(41-26-13-11-24-38(32)41)37-23-15-20-35(30-37)46-48-44(33-16-5-2-6-17-33)47-45(49-46)34-18-7-3-8-19-34/h2-18,20-30,34H,1,19,31H2/b29-28-. The number of rotatable bonds is 5. The molecule has 3 heterocycles. The fraction of sp³-hybridized carbons (Fsp3) is 0.0652. The Balaban J connectivity index is 1.22. The Morgan fingerprint density at radius 2 is 1.33 bits per heavy atom. The molecule has 2 aliphatic rings. The van der Waals surface area contributed by atoms with Crippen molar-refractivity contribution in [1.82, 2.24) is 19.5 Å². The summed E-state index contributed by atoms with van der Waals surface area (Å²) in [6, 6.07) is 46.6. The van der Waals surface area contributed by atoms with Gasteiger partial charge in [-0.1, -0.05) is 134 Å². The zero-order valence-corrected chi connectivity index (χ0v) is 28.1. The summed E-state index contributed by atoms with van der Waals surface area (Å²) in [6.45, 7) is 5.20. The Hall–Kier alpha value is -6.59. The molecule has 0 bridgehead atoms. The normalized spacial score (nSPS) is 15.9. The predicted octanol–water partition coefficient (Wildman–Crippen LogP) is 11.1. The van der Waals surface area contributed by atoms with E-state index in [0.717, 1.165) is 57.3 Å². The Labute approximate surface area is 297 Å². The molecular weight excluding hydrogens is 623 g/mol. The van der Waals surface area contributed by atoms with Crippen LogP contribution in [0.4, 0.5) is 11.4 Å². The largest absolute Gasteiger partial charge is 0.336 e. The van der Waals surface area contributed by atoms with Crippen LogP contribution in [0.15, 0.2) is 170 Å². The summed E-state index contributed by atoms with van der Waals surface area (Å²) in [7, 11) is 0. The van der Waals surface area contributed by atoms with Crippen molar-refractivity contribution >= 4 is 33.9 Å². The minimum atomic E-state index is 0.0891. The first-order valence-corrected chi connectivity index (χ1v) is 17.4. The first-order chi connectivity index (χ1) is 25.2. The maximum atomic E-state index is 5.10. The second-order valence-electron chi connectivity index (χ2n) is 12.9. The lowest BCUT2D eigenvalue weighted by Gasteiger charge is -2.28. The van der Waals surface area contributed by atoms with Crippen LogP contribution in [-0.4, -0.2) is 19.5 Å². The monoisotopic (exact) mass is 657 g/mol. The van der Waals surface area contributed by atoms with Crippen molar-refractivity contribution in [2.75, 3.05) is 4.90 Å². The molecule has 244 valence electrons. The molecule has 0 saturated carbocycles. The highest BCUT2D eigenvalue weighted by Gasteiger charge is 2.24. The number of anilines is 2. The van der Waals surface area contributed by atoms with E-state index in [1.165, 1.54) is 16.5 Å². The van der Waals surface area contributed by atoms with E-state index < -0.39 is 0 Å². The van der Waals surface area contributed by atoms with Gasteiger partial charge in [-0.05, 0) is 54.5 Å². The minimum absolute atomic E-state index is 0.0891. The van der Waals surface area contributed by atoms with Crippen LogP contribution in [0.1, 0.15) is 35.0 Å².